The van der Waals surface area contributed by atoms with Crippen molar-refractivity contribution in [2.24, 2.45) is 0 Å². The molecule has 1 aliphatic carbocycles. The van der Waals surface area contributed by atoms with Gasteiger partial charge in [0.2, 0.25) is 0 Å². The predicted octanol–water partition coefficient (Wildman–Crippen LogP) is 6.87. The normalized spacial score (nSPS) is 16.0. The summed E-state index contributed by atoms with van der Waals surface area (Å²) in [7, 11) is 0. The first-order chi connectivity index (χ1) is 10.2. The zero-order valence-corrected chi connectivity index (χ0v) is 15.8. The van der Waals surface area contributed by atoms with Crippen LogP contribution in [0.1, 0.15) is 82.4 Å². The Morgan fingerprint density at radius 2 is 1.77 bits per heavy atom. The van der Waals surface area contributed by atoms with E-state index in [1.807, 2.05) is 11.3 Å². The molecule has 0 fully saturated rings. The average Bonchev–Trinajstić information content (AvgIpc) is 2.99. The van der Waals surface area contributed by atoms with Crippen LogP contribution < -0.4 is 0 Å². The molecule has 2 aromatic rings. The van der Waals surface area contributed by atoms with Gasteiger partial charge in [0.1, 0.15) is 0 Å². The second-order valence-electron chi connectivity index (χ2n) is 8.18. The summed E-state index contributed by atoms with van der Waals surface area (Å²) in [5.41, 5.74) is 6.38. The fraction of sp³-hybridized carbons (Fsp3) is 0.524. The van der Waals surface area contributed by atoms with E-state index in [4.69, 9.17) is 0 Å². The van der Waals surface area contributed by atoms with Gasteiger partial charge in [-0.2, -0.15) is 0 Å². The molecule has 0 radical (unpaired) electrons. The fourth-order valence-electron chi connectivity index (χ4n) is 3.34. The van der Waals surface area contributed by atoms with E-state index in [0.29, 0.717) is 5.92 Å². The van der Waals surface area contributed by atoms with Crippen LogP contribution >= 0.6 is 11.3 Å². The molecule has 0 amide bonds. The molecule has 3 rings (SSSR count). The summed E-state index contributed by atoms with van der Waals surface area (Å²) in [6.45, 7) is 16.4. The van der Waals surface area contributed by atoms with Gasteiger partial charge in [-0.1, -0.05) is 66.7 Å². The second kappa shape index (κ2) is 4.96. The highest BCUT2D eigenvalue weighted by atomic mass is 32.1. The SMILES string of the molecule is CCC(C)(C)c1cc2c(s1)-c1ccc(C(C)C)cc1C2(C)C. The molecule has 0 aliphatic heterocycles. The highest BCUT2D eigenvalue weighted by molar-refractivity contribution is 7.16. The molecule has 1 heterocycles. The Bertz CT molecular complexity index is 714. The minimum atomic E-state index is 0.133. The van der Waals surface area contributed by atoms with Crippen LogP contribution in [-0.2, 0) is 10.8 Å². The smallest absolute Gasteiger partial charge is 0.0389 e. The van der Waals surface area contributed by atoms with Crippen LogP contribution in [0, 0.1) is 0 Å². The van der Waals surface area contributed by atoms with Gasteiger partial charge in [-0.05, 0) is 46.1 Å². The van der Waals surface area contributed by atoms with Crippen LogP contribution in [0.3, 0.4) is 0 Å². The molecule has 0 unspecified atom stereocenters. The Morgan fingerprint density at radius 1 is 1.09 bits per heavy atom. The van der Waals surface area contributed by atoms with Gasteiger partial charge in [0.15, 0.2) is 0 Å². The maximum Gasteiger partial charge on any atom is 0.0389 e. The third kappa shape index (κ3) is 2.17. The summed E-state index contributed by atoms with van der Waals surface area (Å²) in [6, 6.07) is 9.60. The molecule has 1 aromatic carbocycles. The second-order valence-corrected chi connectivity index (χ2v) is 9.23. The molecule has 0 bridgehead atoms. The number of hydrogen-bond donors (Lipinski definition) is 0. The van der Waals surface area contributed by atoms with E-state index in [1.165, 1.54) is 38.4 Å². The first-order valence-corrected chi connectivity index (χ1v) is 9.29. The lowest BCUT2D eigenvalue weighted by molar-refractivity contribution is 0.515. The van der Waals surface area contributed by atoms with E-state index in [0.717, 1.165) is 0 Å². The van der Waals surface area contributed by atoms with Gasteiger partial charge in [-0.15, -0.1) is 11.3 Å². The summed E-state index contributed by atoms with van der Waals surface area (Å²) >= 11 is 2.01. The Balaban J connectivity index is 2.18. The van der Waals surface area contributed by atoms with E-state index in [1.54, 1.807) is 0 Å². The lowest BCUT2D eigenvalue weighted by atomic mass is 9.80. The van der Waals surface area contributed by atoms with Crippen molar-refractivity contribution in [3.63, 3.8) is 0 Å². The first kappa shape index (κ1) is 15.8. The standard InChI is InChI=1S/C21H28S/c1-8-20(4,5)18-12-17-19(22-18)15-10-9-14(13(2)3)11-16(15)21(17,6)7/h9-13H,8H2,1-7H3. The number of benzene rings is 1. The van der Waals surface area contributed by atoms with Crippen LogP contribution in [0.25, 0.3) is 10.4 Å². The van der Waals surface area contributed by atoms with Crippen molar-refractivity contribution in [2.75, 3.05) is 0 Å². The molecule has 0 N–H and O–H groups in total. The average molecular weight is 313 g/mol. The zero-order chi connectivity index (χ0) is 16.3. The lowest BCUT2D eigenvalue weighted by Crippen LogP contribution is -2.17. The molecular weight excluding hydrogens is 284 g/mol. The third-order valence-electron chi connectivity index (χ3n) is 5.58. The number of hydrogen-bond acceptors (Lipinski definition) is 1. The molecule has 0 nitrogen and oxygen atoms in total. The van der Waals surface area contributed by atoms with Gasteiger partial charge >= 0.3 is 0 Å². The molecule has 1 aliphatic rings. The van der Waals surface area contributed by atoms with Crippen molar-refractivity contribution >= 4 is 11.3 Å². The van der Waals surface area contributed by atoms with Crippen molar-refractivity contribution in [3.05, 3.63) is 45.8 Å². The van der Waals surface area contributed by atoms with E-state index in [2.05, 4.69) is 72.7 Å². The molecule has 118 valence electrons. The van der Waals surface area contributed by atoms with Crippen LogP contribution in [0.5, 0.6) is 0 Å². The van der Waals surface area contributed by atoms with Crippen molar-refractivity contribution in [3.8, 4) is 10.4 Å². The Labute approximate surface area is 139 Å². The maximum absolute atomic E-state index is 2.48. The summed E-state index contributed by atoms with van der Waals surface area (Å²) in [5, 5.41) is 0. The summed E-state index contributed by atoms with van der Waals surface area (Å²) < 4.78 is 0. The molecule has 0 atom stereocenters. The zero-order valence-electron chi connectivity index (χ0n) is 15.0. The minimum absolute atomic E-state index is 0.133. The highest BCUT2D eigenvalue weighted by Crippen LogP contribution is 2.54. The highest BCUT2D eigenvalue weighted by Gasteiger charge is 2.39. The van der Waals surface area contributed by atoms with Gasteiger partial charge in [0.05, 0.1) is 0 Å². The molecular formula is C21H28S. The topological polar surface area (TPSA) is 0 Å². The van der Waals surface area contributed by atoms with Gasteiger partial charge in [-0.3, -0.25) is 0 Å². The Kier molecular flexibility index (Phi) is 3.56. The minimum Gasteiger partial charge on any atom is -0.139 e. The predicted molar refractivity (Wildman–Crippen MR) is 99.3 cm³/mol. The summed E-state index contributed by atoms with van der Waals surface area (Å²) in [5.74, 6) is 0.592. The quantitative estimate of drug-likeness (QED) is 0.580. The summed E-state index contributed by atoms with van der Waals surface area (Å²) in [6.07, 6.45) is 1.19. The number of thiophene rings is 1. The van der Waals surface area contributed by atoms with Crippen LogP contribution in [0.2, 0.25) is 0 Å². The lowest BCUT2D eigenvalue weighted by Gasteiger charge is -2.24. The van der Waals surface area contributed by atoms with Gasteiger partial charge in [0, 0.05) is 15.2 Å². The summed E-state index contributed by atoms with van der Waals surface area (Å²) in [4.78, 5) is 3.04. The largest absolute Gasteiger partial charge is 0.139 e. The van der Waals surface area contributed by atoms with Crippen LogP contribution in [-0.4, -0.2) is 0 Å². The Morgan fingerprint density at radius 3 is 2.36 bits per heavy atom. The van der Waals surface area contributed by atoms with Crippen molar-refractivity contribution < 1.29 is 0 Å². The Hall–Kier alpha value is -1.08. The van der Waals surface area contributed by atoms with E-state index < -0.39 is 0 Å². The molecule has 1 aromatic heterocycles. The molecule has 0 saturated carbocycles. The van der Waals surface area contributed by atoms with Crippen LogP contribution in [0.15, 0.2) is 24.3 Å². The molecule has 1 heteroatoms. The number of rotatable bonds is 3. The fourth-order valence-corrected chi connectivity index (χ4v) is 4.87. The van der Waals surface area contributed by atoms with Crippen molar-refractivity contribution in [1.29, 1.82) is 0 Å². The maximum atomic E-state index is 2.48. The van der Waals surface area contributed by atoms with E-state index in [-0.39, 0.29) is 10.8 Å². The third-order valence-corrected chi connectivity index (χ3v) is 7.12. The van der Waals surface area contributed by atoms with E-state index in [9.17, 15) is 0 Å². The molecule has 0 spiro atoms. The van der Waals surface area contributed by atoms with Crippen molar-refractivity contribution in [2.45, 2.75) is 71.6 Å². The molecule has 0 saturated heterocycles. The number of fused-ring (bicyclic) bond motifs is 3. The monoisotopic (exact) mass is 312 g/mol. The van der Waals surface area contributed by atoms with E-state index >= 15 is 0 Å². The van der Waals surface area contributed by atoms with Crippen LogP contribution in [0.4, 0.5) is 0 Å². The van der Waals surface area contributed by atoms with Gasteiger partial charge in [0.25, 0.3) is 0 Å². The van der Waals surface area contributed by atoms with Crippen molar-refractivity contribution in [1.82, 2.24) is 0 Å². The van der Waals surface area contributed by atoms with Gasteiger partial charge in [-0.25, -0.2) is 0 Å². The molecule has 22 heavy (non-hydrogen) atoms. The first-order valence-electron chi connectivity index (χ1n) is 8.48. The van der Waals surface area contributed by atoms with Gasteiger partial charge < -0.3 is 0 Å².